The smallest absolute Gasteiger partial charge is 0.0351 e. The second kappa shape index (κ2) is 5.43. The van der Waals surface area contributed by atoms with Gasteiger partial charge in [0.25, 0.3) is 0 Å². The summed E-state index contributed by atoms with van der Waals surface area (Å²) in [6, 6.07) is 6.48. The van der Waals surface area contributed by atoms with Crippen molar-refractivity contribution >= 4 is 28.7 Å². The quantitative estimate of drug-likeness (QED) is 0.862. The van der Waals surface area contributed by atoms with Gasteiger partial charge in [-0.2, -0.15) is 0 Å². The normalized spacial score (nSPS) is 12.0. The second-order valence-corrected chi connectivity index (χ2v) is 5.47. The molecule has 0 atom stereocenters. The Kier molecular flexibility index (Phi) is 3.93. The second-order valence-electron chi connectivity index (χ2n) is 3.58. The molecule has 0 fully saturated rings. The minimum absolute atomic E-state index is 0.655. The molecule has 2 N–H and O–H groups in total. The van der Waals surface area contributed by atoms with Crippen LogP contribution in [-0.2, 0) is 0 Å². The Morgan fingerprint density at radius 2 is 2.31 bits per heavy atom. The van der Waals surface area contributed by atoms with E-state index in [-0.39, 0.29) is 0 Å². The van der Waals surface area contributed by atoms with Gasteiger partial charge in [-0.15, -0.1) is 22.7 Å². The van der Waals surface area contributed by atoms with Crippen molar-refractivity contribution in [1.82, 2.24) is 0 Å². The van der Waals surface area contributed by atoms with E-state index in [9.17, 15) is 0 Å². The van der Waals surface area contributed by atoms with Crippen molar-refractivity contribution < 1.29 is 0 Å². The average Bonchev–Trinajstić information content (AvgIpc) is 2.96. The molecule has 0 unspecified atom stereocenters. The summed E-state index contributed by atoms with van der Waals surface area (Å²) in [6.07, 6.45) is 3.24. The molecule has 2 heterocycles. The largest absolute Gasteiger partial charge is 0.327 e. The molecule has 0 aliphatic rings. The van der Waals surface area contributed by atoms with Crippen LogP contribution < -0.4 is 5.73 Å². The van der Waals surface area contributed by atoms with Gasteiger partial charge in [-0.3, -0.25) is 0 Å². The minimum Gasteiger partial charge on any atom is -0.327 e. The van der Waals surface area contributed by atoms with Crippen LogP contribution in [0, 0.1) is 0 Å². The molecule has 2 aromatic heterocycles. The van der Waals surface area contributed by atoms with Gasteiger partial charge < -0.3 is 5.73 Å². The Morgan fingerprint density at radius 3 is 2.94 bits per heavy atom. The fourth-order valence-corrected chi connectivity index (χ4v) is 3.18. The zero-order valence-corrected chi connectivity index (χ0v) is 10.9. The molecule has 2 rings (SSSR count). The monoisotopic (exact) mass is 249 g/mol. The zero-order valence-electron chi connectivity index (χ0n) is 9.27. The van der Waals surface area contributed by atoms with Crippen LogP contribution in [-0.4, -0.2) is 6.54 Å². The van der Waals surface area contributed by atoms with Crippen molar-refractivity contribution in [2.45, 2.75) is 13.3 Å². The SMILES string of the molecule is CCC(=Cc1cc(-c2cccs2)cs1)CN. The van der Waals surface area contributed by atoms with Crippen molar-refractivity contribution in [3.63, 3.8) is 0 Å². The number of hydrogen-bond donors (Lipinski definition) is 1. The van der Waals surface area contributed by atoms with Gasteiger partial charge in [-0.25, -0.2) is 0 Å². The number of nitrogens with two attached hydrogens (primary N) is 1. The van der Waals surface area contributed by atoms with E-state index in [4.69, 9.17) is 5.73 Å². The molecule has 0 aromatic carbocycles. The summed E-state index contributed by atoms with van der Waals surface area (Å²) in [6.45, 7) is 2.80. The van der Waals surface area contributed by atoms with Crippen LogP contribution in [0.15, 0.2) is 34.5 Å². The number of rotatable bonds is 4. The fourth-order valence-electron chi connectivity index (χ4n) is 1.51. The van der Waals surface area contributed by atoms with Crippen LogP contribution in [0.25, 0.3) is 16.5 Å². The summed E-state index contributed by atoms with van der Waals surface area (Å²) in [5.41, 5.74) is 8.29. The summed E-state index contributed by atoms with van der Waals surface area (Å²) in [5, 5.41) is 4.32. The predicted octanol–water partition coefficient (Wildman–Crippen LogP) is 4.23. The molecule has 0 saturated heterocycles. The Labute approximate surface area is 104 Å². The van der Waals surface area contributed by atoms with Gasteiger partial charge in [0.05, 0.1) is 0 Å². The van der Waals surface area contributed by atoms with Gasteiger partial charge in [0.15, 0.2) is 0 Å². The molecule has 0 aliphatic heterocycles. The highest BCUT2D eigenvalue weighted by molar-refractivity contribution is 7.15. The molecular weight excluding hydrogens is 234 g/mol. The molecule has 16 heavy (non-hydrogen) atoms. The molecule has 0 radical (unpaired) electrons. The lowest BCUT2D eigenvalue weighted by Crippen LogP contribution is -2.01. The predicted molar refractivity (Wildman–Crippen MR) is 75.0 cm³/mol. The maximum atomic E-state index is 5.67. The highest BCUT2D eigenvalue weighted by Gasteiger charge is 2.02. The highest BCUT2D eigenvalue weighted by Crippen LogP contribution is 2.30. The van der Waals surface area contributed by atoms with E-state index in [0.29, 0.717) is 6.54 Å². The average molecular weight is 249 g/mol. The van der Waals surface area contributed by atoms with Crippen LogP contribution in [0.4, 0.5) is 0 Å². The third-order valence-electron chi connectivity index (χ3n) is 2.49. The molecule has 0 aliphatic carbocycles. The Bertz CT molecular complexity index is 460. The van der Waals surface area contributed by atoms with Crippen LogP contribution in [0.1, 0.15) is 18.2 Å². The van der Waals surface area contributed by atoms with Crippen molar-refractivity contribution in [3.05, 3.63) is 39.4 Å². The molecule has 84 valence electrons. The molecule has 0 amide bonds. The maximum Gasteiger partial charge on any atom is 0.0351 e. The van der Waals surface area contributed by atoms with Gasteiger partial charge in [-0.1, -0.05) is 18.6 Å². The summed E-state index contributed by atoms with van der Waals surface area (Å²) in [4.78, 5) is 2.63. The molecule has 0 saturated carbocycles. The highest BCUT2D eigenvalue weighted by atomic mass is 32.1. The van der Waals surface area contributed by atoms with Crippen LogP contribution in [0.5, 0.6) is 0 Å². The third-order valence-corrected chi connectivity index (χ3v) is 4.29. The van der Waals surface area contributed by atoms with Crippen molar-refractivity contribution in [2.24, 2.45) is 5.73 Å². The summed E-state index contributed by atoms with van der Waals surface area (Å²) in [5.74, 6) is 0. The van der Waals surface area contributed by atoms with Gasteiger partial charge in [0.1, 0.15) is 0 Å². The van der Waals surface area contributed by atoms with Crippen LogP contribution >= 0.6 is 22.7 Å². The Hall–Kier alpha value is -0.900. The van der Waals surface area contributed by atoms with E-state index < -0.39 is 0 Å². The van der Waals surface area contributed by atoms with Crippen molar-refractivity contribution in [3.8, 4) is 10.4 Å². The van der Waals surface area contributed by atoms with Gasteiger partial charge in [0, 0.05) is 21.9 Å². The molecule has 0 bridgehead atoms. The first-order chi connectivity index (χ1) is 7.83. The Balaban J connectivity index is 2.23. The van der Waals surface area contributed by atoms with Gasteiger partial charge >= 0.3 is 0 Å². The lowest BCUT2D eigenvalue weighted by Gasteiger charge is -1.97. The van der Waals surface area contributed by atoms with E-state index in [1.54, 1.807) is 22.7 Å². The van der Waals surface area contributed by atoms with E-state index in [2.05, 4.69) is 42.0 Å². The molecule has 2 aromatic rings. The fraction of sp³-hybridized carbons (Fsp3) is 0.231. The van der Waals surface area contributed by atoms with Gasteiger partial charge in [-0.05, 0) is 35.4 Å². The van der Waals surface area contributed by atoms with E-state index >= 15 is 0 Å². The standard InChI is InChI=1S/C13H15NS2/c1-2-10(8-14)6-12-7-11(9-16-12)13-4-3-5-15-13/h3-7,9H,2,8,14H2,1H3. The van der Waals surface area contributed by atoms with Crippen LogP contribution in [0.2, 0.25) is 0 Å². The van der Waals surface area contributed by atoms with Crippen molar-refractivity contribution in [1.29, 1.82) is 0 Å². The topological polar surface area (TPSA) is 26.0 Å². The maximum absolute atomic E-state index is 5.67. The number of hydrogen-bond acceptors (Lipinski definition) is 3. The molecule has 1 nitrogen and oxygen atoms in total. The summed E-state index contributed by atoms with van der Waals surface area (Å²) in [7, 11) is 0. The molecule has 0 spiro atoms. The number of thiophene rings is 2. The summed E-state index contributed by atoms with van der Waals surface area (Å²) < 4.78 is 0. The third kappa shape index (κ3) is 2.61. The molecular formula is C13H15NS2. The van der Waals surface area contributed by atoms with Gasteiger partial charge in [0.2, 0.25) is 0 Å². The lowest BCUT2D eigenvalue weighted by molar-refractivity contribution is 1.02. The lowest BCUT2D eigenvalue weighted by atomic mass is 10.1. The Morgan fingerprint density at radius 1 is 1.44 bits per heavy atom. The van der Waals surface area contributed by atoms with Crippen molar-refractivity contribution in [2.75, 3.05) is 6.54 Å². The summed E-state index contributed by atoms with van der Waals surface area (Å²) >= 11 is 3.56. The first-order valence-electron chi connectivity index (χ1n) is 5.35. The van der Waals surface area contributed by atoms with E-state index in [1.807, 2.05) is 0 Å². The van der Waals surface area contributed by atoms with E-state index in [1.165, 1.54) is 20.9 Å². The molecule has 3 heteroatoms. The van der Waals surface area contributed by atoms with E-state index in [0.717, 1.165) is 6.42 Å². The zero-order chi connectivity index (χ0) is 11.4. The van der Waals surface area contributed by atoms with Crippen LogP contribution in [0.3, 0.4) is 0 Å². The first kappa shape index (κ1) is 11.6. The first-order valence-corrected chi connectivity index (χ1v) is 7.11. The minimum atomic E-state index is 0.655.